The van der Waals surface area contributed by atoms with Gasteiger partial charge < -0.3 is 14.5 Å². The number of aromatic nitrogens is 1. The molecule has 0 N–H and O–H groups in total. The largest absolute Gasteiger partial charge is 0.491 e. The Kier molecular flexibility index (Phi) is 8.65. The average molecular weight is 494 g/mol. The Hall–Kier alpha value is -3.32. The topological polar surface area (TPSA) is 45.7 Å². The molecule has 0 saturated heterocycles. The van der Waals surface area contributed by atoms with Gasteiger partial charge in [-0.3, -0.25) is 4.79 Å². The molecule has 2 heterocycles. The molecular formula is C29H33F2N3O2. The summed E-state index contributed by atoms with van der Waals surface area (Å²) in [6.45, 7) is 4.70. The second kappa shape index (κ2) is 12.1. The van der Waals surface area contributed by atoms with Gasteiger partial charge in [-0.15, -0.1) is 0 Å². The number of ether oxygens (including phenoxy) is 1. The van der Waals surface area contributed by atoms with E-state index in [0.717, 1.165) is 55.4 Å². The first-order valence-electron chi connectivity index (χ1n) is 12.5. The third-order valence-electron chi connectivity index (χ3n) is 6.68. The number of hydrogen-bond donors (Lipinski definition) is 0. The first-order valence-corrected chi connectivity index (χ1v) is 12.5. The van der Waals surface area contributed by atoms with Crippen LogP contribution in [0.1, 0.15) is 52.4 Å². The van der Waals surface area contributed by atoms with E-state index < -0.39 is 17.5 Å². The summed E-state index contributed by atoms with van der Waals surface area (Å²) in [6, 6.07) is 17.2. The lowest BCUT2D eigenvalue weighted by molar-refractivity contribution is 0.0713. The molecule has 0 bridgehead atoms. The van der Waals surface area contributed by atoms with Crippen LogP contribution in [0.15, 0.2) is 60.8 Å². The van der Waals surface area contributed by atoms with Crippen LogP contribution in [0, 0.1) is 18.6 Å². The minimum absolute atomic E-state index is 0.260. The number of benzene rings is 2. The standard InChI is InChI=1S/C29H33F2N3O2/c1-21-10-11-27-24(17-21)20-33(2)14-12-23(22-7-4-3-5-8-22)9-6-13-34(15-16-36-27)29(35)28-26(31)18-25(30)19-32-28/h3-5,7-8,10-11,17-19,23H,6,9,12-16,20H2,1-2H3. The van der Waals surface area contributed by atoms with Crippen molar-refractivity contribution in [2.75, 3.05) is 33.3 Å². The molecule has 0 spiro atoms. The second-order valence-corrected chi connectivity index (χ2v) is 9.51. The highest BCUT2D eigenvalue weighted by molar-refractivity contribution is 5.92. The Morgan fingerprint density at radius 1 is 1.03 bits per heavy atom. The predicted molar refractivity (Wildman–Crippen MR) is 136 cm³/mol. The van der Waals surface area contributed by atoms with Crippen molar-refractivity contribution in [3.05, 3.63) is 94.8 Å². The van der Waals surface area contributed by atoms with Gasteiger partial charge in [0.1, 0.15) is 18.2 Å². The molecule has 3 aromatic rings. The first-order chi connectivity index (χ1) is 17.4. The minimum Gasteiger partial charge on any atom is -0.491 e. The van der Waals surface area contributed by atoms with E-state index in [2.05, 4.69) is 54.2 Å². The lowest BCUT2D eigenvalue weighted by atomic mass is 9.91. The van der Waals surface area contributed by atoms with E-state index >= 15 is 0 Å². The van der Waals surface area contributed by atoms with Crippen molar-refractivity contribution in [2.45, 2.75) is 38.6 Å². The van der Waals surface area contributed by atoms with E-state index in [1.54, 1.807) is 4.90 Å². The maximum Gasteiger partial charge on any atom is 0.275 e. The van der Waals surface area contributed by atoms with Crippen molar-refractivity contribution < 1.29 is 18.3 Å². The fraction of sp³-hybridized carbons (Fsp3) is 0.379. The van der Waals surface area contributed by atoms with Crippen LogP contribution < -0.4 is 4.74 Å². The number of rotatable bonds is 2. The molecule has 1 aliphatic heterocycles. The molecular weight excluding hydrogens is 460 g/mol. The lowest BCUT2D eigenvalue weighted by Crippen LogP contribution is -2.37. The molecule has 4 rings (SSSR count). The number of carbonyl (C=O) groups is 1. The third kappa shape index (κ3) is 6.66. The highest BCUT2D eigenvalue weighted by atomic mass is 19.1. The van der Waals surface area contributed by atoms with Crippen molar-refractivity contribution in [2.24, 2.45) is 0 Å². The van der Waals surface area contributed by atoms with Gasteiger partial charge >= 0.3 is 0 Å². The highest BCUT2D eigenvalue weighted by Crippen LogP contribution is 2.27. The molecule has 2 aromatic carbocycles. The number of nitrogens with zero attached hydrogens (tertiary/aromatic N) is 3. The number of halogens is 2. The van der Waals surface area contributed by atoms with E-state index in [1.807, 2.05) is 18.2 Å². The van der Waals surface area contributed by atoms with Crippen molar-refractivity contribution >= 4 is 5.91 Å². The normalized spacial score (nSPS) is 18.1. The van der Waals surface area contributed by atoms with Crippen LogP contribution in [-0.2, 0) is 6.54 Å². The zero-order chi connectivity index (χ0) is 25.5. The average Bonchev–Trinajstić information content (AvgIpc) is 2.86. The summed E-state index contributed by atoms with van der Waals surface area (Å²) < 4.78 is 33.8. The molecule has 0 saturated carbocycles. The molecule has 1 unspecified atom stereocenters. The summed E-state index contributed by atoms with van der Waals surface area (Å²) in [5.74, 6) is -1.20. The molecule has 0 radical (unpaired) electrons. The molecule has 1 aromatic heterocycles. The van der Waals surface area contributed by atoms with Crippen molar-refractivity contribution in [3.63, 3.8) is 0 Å². The van der Waals surface area contributed by atoms with E-state index in [0.29, 0.717) is 18.5 Å². The lowest BCUT2D eigenvalue weighted by Gasteiger charge is -2.27. The van der Waals surface area contributed by atoms with Gasteiger partial charge in [-0.25, -0.2) is 13.8 Å². The Labute approximate surface area is 211 Å². The zero-order valence-corrected chi connectivity index (χ0v) is 20.9. The summed E-state index contributed by atoms with van der Waals surface area (Å²) in [4.78, 5) is 20.8. The van der Waals surface area contributed by atoms with Crippen molar-refractivity contribution in [3.8, 4) is 5.75 Å². The second-order valence-electron chi connectivity index (χ2n) is 9.51. The summed E-state index contributed by atoms with van der Waals surface area (Å²) >= 11 is 0. The van der Waals surface area contributed by atoms with Gasteiger partial charge in [0.05, 0.1) is 12.7 Å². The number of carbonyl (C=O) groups excluding carboxylic acids is 1. The van der Waals surface area contributed by atoms with Gasteiger partial charge in [-0.1, -0.05) is 48.0 Å². The smallest absolute Gasteiger partial charge is 0.275 e. The molecule has 5 nitrogen and oxygen atoms in total. The summed E-state index contributed by atoms with van der Waals surface area (Å²) in [5.41, 5.74) is 3.16. The molecule has 190 valence electrons. The minimum atomic E-state index is -0.952. The number of aryl methyl sites for hydroxylation is 1. The van der Waals surface area contributed by atoms with Crippen LogP contribution in [0.3, 0.4) is 0 Å². The van der Waals surface area contributed by atoms with Crippen LogP contribution in [0.5, 0.6) is 5.75 Å². The van der Waals surface area contributed by atoms with E-state index in [9.17, 15) is 13.6 Å². The molecule has 0 aliphatic carbocycles. The Morgan fingerprint density at radius 2 is 1.83 bits per heavy atom. The Bertz CT molecular complexity index is 1170. The molecule has 1 aliphatic rings. The van der Waals surface area contributed by atoms with Gasteiger partial charge in [0.25, 0.3) is 5.91 Å². The van der Waals surface area contributed by atoms with Gasteiger partial charge in [0, 0.05) is 24.7 Å². The van der Waals surface area contributed by atoms with E-state index in [-0.39, 0.29) is 18.8 Å². The van der Waals surface area contributed by atoms with Gasteiger partial charge in [0.2, 0.25) is 0 Å². The highest BCUT2D eigenvalue weighted by Gasteiger charge is 2.23. The number of fused-ring (bicyclic) bond motifs is 1. The Balaban J connectivity index is 1.60. The molecule has 36 heavy (non-hydrogen) atoms. The predicted octanol–water partition coefficient (Wildman–Crippen LogP) is 5.59. The fourth-order valence-electron chi connectivity index (χ4n) is 4.75. The van der Waals surface area contributed by atoms with Crippen LogP contribution in [0.2, 0.25) is 0 Å². The van der Waals surface area contributed by atoms with Crippen molar-refractivity contribution in [1.29, 1.82) is 0 Å². The van der Waals surface area contributed by atoms with Crippen molar-refractivity contribution in [1.82, 2.24) is 14.8 Å². The maximum absolute atomic E-state index is 14.4. The van der Waals surface area contributed by atoms with E-state index in [4.69, 9.17) is 4.74 Å². The van der Waals surface area contributed by atoms with Crippen LogP contribution in [-0.4, -0.2) is 54.0 Å². The zero-order valence-electron chi connectivity index (χ0n) is 20.9. The maximum atomic E-state index is 14.4. The summed E-state index contributed by atoms with van der Waals surface area (Å²) in [5, 5.41) is 0. The Morgan fingerprint density at radius 3 is 2.61 bits per heavy atom. The third-order valence-corrected chi connectivity index (χ3v) is 6.68. The van der Waals surface area contributed by atoms with Gasteiger partial charge in [-0.05, 0) is 57.3 Å². The SMILES string of the molecule is Cc1ccc2c(c1)CN(C)CCC(c1ccccc1)CCCN(C(=O)c1ncc(F)cc1F)CCO2. The first kappa shape index (κ1) is 25.8. The fourth-order valence-corrected chi connectivity index (χ4v) is 4.75. The van der Waals surface area contributed by atoms with Gasteiger partial charge in [0.15, 0.2) is 11.5 Å². The molecule has 7 heteroatoms. The number of amides is 1. The van der Waals surface area contributed by atoms with E-state index in [1.165, 1.54) is 5.56 Å². The van der Waals surface area contributed by atoms with Crippen LogP contribution in [0.4, 0.5) is 8.78 Å². The summed E-state index contributed by atoms with van der Waals surface area (Å²) in [6.07, 6.45) is 3.48. The molecule has 1 atom stereocenters. The van der Waals surface area contributed by atoms with Crippen LogP contribution >= 0.6 is 0 Å². The summed E-state index contributed by atoms with van der Waals surface area (Å²) in [7, 11) is 2.13. The number of hydrogen-bond acceptors (Lipinski definition) is 4. The van der Waals surface area contributed by atoms with Gasteiger partial charge in [-0.2, -0.15) is 0 Å². The van der Waals surface area contributed by atoms with Crippen LogP contribution in [0.25, 0.3) is 0 Å². The molecule has 1 amide bonds. The monoisotopic (exact) mass is 493 g/mol. The molecule has 0 fully saturated rings. The number of pyridine rings is 1. The quantitative estimate of drug-likeness (QED) is 0.467.